The molecule has 1 aliphatic heterocycles. The number of anilines is 1. The summed E-state index contributed by atoms with van der Waals surface area (Å²) < 4.78 is 0. The Morgan fingerprint density at radius 3 is 2.50 bits per heavy atom. The third kappa shape index (κ3) is 2.03. The largest absolute Gasteiger partial charge is 0.383 e. The Bertz CT molecular complexity index is 418. The molecule has 1 amide bonds. The van der Waals surface area contributed by atoms with Gasteiger partial charge in [0.05, 0.1) is 5.56 Å². The van der Waals surface area contributed by atoms with Crippen LogP contribution in [0.5, 0.6) is 0 Å². The van der Waals surface area contributed by atoms with Gasteiger partial charge in [-0.2, -0.15) is 0 Å². The van der Waals surface area contributed by atoms with Gasteiger partial charge >= 0.3 is 0 Å². The highest BCUT2D eigenvalue weighted by atomic mass is 16.1. The molecule has 0 unspecified atom stereocenters. The monoisotopic (exact) mass is 218 g/mol. The van der Waals surface area contributed by atoms with Crippen molar-refractivity contribution in [2.75, 3.05) is 18.4 Å². The molecule has 86 valence electrons. The van der Waals surface area contributed by atoms with Crippen molar-refractivity contribution in [1.29, 1.82) is 0 Å². The van der Waals surface area contributed by atoms with Crippen LogP contribution in [0.15, 0.2) is 18.2 Å². The number of benzene rings is 1. The van der Waals surface area contributed by atoms with Gasteiger partial charge in [0.1, 0.15) is 0 Å². The zero-order valence-electron chi connectivity index (χ0n) is 10.1. The van der Waals surface area contributed by atoms with E-state index in [1.165, 1.54) is 5.56 Å². The molecule has 0 fully saturated rings. The first kappa shape index (κ1) is 11.0. The maximum Gasteiger partial charge on any atom is 0.253 e. The molecule has 3 heteroatoms. The van der Waals surface area contributed by atoms with Crippen molar-refractivity contribution in [3.8, 4) is 0 Å². The van der Waals surface area contributed by atoms with Crippen molar-refractivity contribution in [2.45, 2.75) is 26.2 Å². The second kappa shape index (κ2) is 3.81. The number of hydrogen-bond donors (Lipinski definition) is 2. The highest BCUT2D eigenvalue weighted by molar-refractivity contribution is 6.00. The molecular weight excluding hydrogens is 200 g/mol. The summed E-state index contributed by atoms with van der Waals surface area (Å²) >= 11 is 0. The summed E-state index contributed by atoms with van der Waals surface area (Å²) in [6, 6.07) is 6.08. The molecule has 0 saturated carbocycles. The fraction of sp³-hybridized carbons (Fsp3) is 0.462. The van der Waals surface area contributed by atoms with Gasteiger partial charge in [0, 0.05) is 18.8 Å². The summed E-state index contributed by atoms with van der Waals surface area (Å²) in [6.07, 6.45) is 0. The fourth-order valence-electron chi connectivity index (χ4n) is 1.82. The predicted octanol–water partition coefficient (Wildman–Crippen LogP) is 2.14. The normalized spacial score (nSPS) is 15.8. The molecule has 1 heterocycles. The van der Waals surface area contributed by atoms with E-state index in [1.807, 2.05) is 12.1 Å². The van der Waals surface area contributed by atoms with Crippen LogP contribution in [0.4, 0.5) is 5.69 Å². The Labute approximate surface area is 96.2 Å². The average molecular weight is 218 g/mol. The molecule has 0 spiro atoms. The van der Waals surface area contributed by atoms with Crippen molar-refractivity contribution in [1.82, 2.24) is 5.32 Å². The highest BCUT2D eigenvalue weighted by Crippen LogP contribution is 2.27. The van der Waals surface area contributed by atoms with Crippen LogP contribution in [0.2, 0.25) is 0 Å². The van der Waals surface area contributed by atoms with Crippen molar-refractivity contribution in [3.05, 3.63) is 29.3 Å². The molecule has 0 radical (unpaired) electrons. The van der Waals surface area contributed by atoms with E-state index in [9.17, 15) is 4.79 Å². The number of amides is 1. The van der Waals surface area contributed by atoms with Crippen LogP contribution in [0, 0.1) is 0 Å². The molecule has 0 saturated heterocycles. The van der Waals surface area contributed by atoms with Gasteiger partial charge in [-0.3, -0.25) is 4.79 Å². The lowest BCUT2D eigenvalue weighted by Crippen LogP contribution is -2.25. The van der Waals surface area contributed by atoms with Crippen LogP contribution in [-0.2, 0) is 5.41 Å². The number of carbonyl (C=O) groups is 1. The molecule has 1 aliphatic rings. The molecule has 1 aromatic rings. The molecular formula is C13H18N2O. The number of hydrogen-bond acceptors (Lipinski definition) is 2. The van der Waals surface area contributed by atoms with E-state index in [2.05, 4.69) is 37.5 Å². The second-order valence-electron chi connectivity index (χ2n) is 5.19. The van der Waals surface area contributed by atoms with Crippen LogP contribution in [0.3, 0.4) is 0 Å². The Hall–Kier alpha value is -1.51. The van der Waals surface area contributed by atoms with Gasteiger partial charge in [-0.1, -0.05) is 26.8 Å². The molecule has 0 aliphatic carbocycles. The standard InChI is InChI=1S/C13H18N2O/c1-13(2,3)9-4-5-11-10(8-9)12(16)15-7-6-14-11/h4-5,8,14H,6-7H2,1-3H3,(H,15,16). The average Bonchev–Trinajstić information content (AvgIpc) is 2.39. The van der Waals surface area contributed by atoms with Crippen LogP contribution >= 0.6 is 0 Å². The SMILES string of the molecule is CC(C)(C)c1ccc2c(c1)C(=O)NCCN2. The van der Waals surface area contributed by atoms with E-state index in [-0.39, 0.29) is 11.3 Å². The number of nitrogens with one attached hydrogen (secondary N) is 2. The van der Waals surface area contributed by atoms with Gasteiger partial charge in [0.2, 0.25) is 0 Å². The molecule has 3 nitrogen and oxygen atoms in total. The maximum atomic E-state index is 11.8. The lowest BCUT2D eigenvalue weighted by atomic mass is 9.86. The number of rotatable bonds is 0. The zero-order valence-corrected chi connectivity index (χ0v) is 10.1. The van der Waals surface area contributed by atoms with Crippen LogP contribution in [-0.4, -0.2) is 19.0 Å². The number of fused-ring (bicyclic) bond motifs is 1. The molecule has 1 aromatic carbocycles. The van der Waals surface area contributed by atoms with E-state index in [0.29, 0.717) is 6.54 Å². The predicted molar refractivity (Wildman–Crippen MR) is 66.0 cm³/mol. The highest BCUT2D eigenvalue weighted by Gasteiger charge is 2.19. The summed E-state index contributed by atoms with van der Waals surface area (Å²) in [6.45, 7) is 7.91. The summed E-state index contributed by atoms with van der Waals surface area (Å²) in [5.41, 5.74) is 2.94. The quantitative estimate of drug-likeness (QED) is 0.700. The fourth-order valence-corrected chi connectivity index (χ4v) is 1.82. The van der Waals surface area contributed by atoms with Gasteiger partial charge in [-0.05, 0) is 23.1 Å². The topological polar surface area (TPSA) is 41.1 Å². The van der Waals surface area contributed by atoms with Crippen LogP contribution < -0.4 is 10.6 Å². The molecule has 16 heavy (non-hydrogen) atoms. The molecule has 0 aromatic heterocycles. The lowest BCUT2D eigenvalue weighted by molar-refractivity contribution is 0.0958. The number of carbonyl (C=O) groups excluding carboxylic acids is 1. The Balaban J connectivity index is 2.47. The minimum absolute atomic E-state index is 0.0195. The Kier molecular flexibility index (Phi) is 2.62. The van der Waals surface area contributed by atoms with E-state index in [0.717, 1.165) is 17.8 Å². The van der Waals surface area contributed by atoms with Gasteiger partial charge in [0.25, 0.3) is 5.91 Å². The van der Waals surface area contributed by atoms with E-state index in [4.69, 9.17) is 0 Å². The first-order chi connectivity index (χ1) is 7.48. The smallest absolute Gasteiger partial charge is 0.253 e. The van der Waals surface area contributed by atoms with Gasteiger partial charge < -0.3 is 10.6 Å². The van der Waals surface area contributed by atoms with E-state index in [1.54, 1.807) is 0 Å². The van der Waals surface area contributed by atoms with Crippen molar-refractivity contribution >= 4 is 11.6 Å². The molecule has 0 atom stereocenters. The molecule has 2 rings (SSSR count). The van der Waals surface area contributed by atoms with Crippen molar-refractivity contribution < 1.29 is 4.79 Å². The van der Waals surface area contributed by atoms with Crippen LogP contribution in [0.25, 0.3) is 0 Å². The van der Waals surface area contributed by atoms with Gasteiger partial charge in [-0.25, -0.2) is 0 Å². The third-order valence-electron chi connectivity index (χ3n) is 2.86. The summed E-state index contributed by atoms with van der Waals surface area (Å²) in [7, 11) is 0. The molecule has 2 N–H and O–H groups in total. The van der Waals surface area contributed by atoms with Gasteiger partial charge in [0.15, 0.2) is 0 Å². The zero-order chi connectivity index (χ0) is 11.8. The van der Waals surface area contributed by atoms with Crippen molar-refractivity contribution in [3.63, 3.8) is 0 Å². The molecule has 0 bridgehead atoms. The Morgan fingerprint density at radius 1 is 1.12 bits per heavy atom. The summed E-state index contributed by atoms with van der Waals surface area (Å²) in [5.74, 6) is 0.0195. The minimum atomic E-state index is 0.0195. The Morgan fingerprint density at radius 2 is 1.81 bits per heavy atom. The van der Waals surface area contributed by atoms with E-state index < -0.39 is 0 Å². The van der Waals surface area contributed by atoms with Crippen LogP contribution in [0.1, 0.15) is 36.7 Å². The van der Waals surface area contributed by atoms with E-state index >= 15 is 0 Å². The first-order valence-corrected chi connectivity index (χ1v) is 5.65. The lowest BCUT2D eigenvalue weighted by Gasteiger charge is -2.20. The summed E-state index contributed by atoms with van der Waals surface area (Å²) in [4.78, 5) is 11.8. The third-order valence-corrected chi connectivity index (χ3v) is 2.86. The van der Waals surface area contributed by atoms with Gasteiger partial charge in [-0.15, -0.1) is 0 Å². The minimum Gasteiger partial charge on any atom is -0.383 e. The maximum absolute atomic E-state index is 11.8. The summed E-state index contributed by atoms with van der Waals surface area (Å²) in [5, 5.41) is 6.13. The first-order valence-electron chi connectivity index (χ1n) is 5.65. The van der Waals surface area contributed by atoms with Crippen molar-refractivity contribution in [2.24, 2.45) is 0 Å². The second-order valence-corrected chi connectivity index (χ2v) is 5.19.